The number of benzene rings is 1. The predicted octanol–water partition coefficient (Wildman–Crippen LogP) is 1.46. The predicted molar refractivity (Wildman–Crippen MR) is 98.7 cm³/mol. The fourth-order valence-corrected chi connectivity index (χ4v) is 4.13. The molecule has 24 heavy (non-hydrogen) atoms. The SMILES string of the molecule is Cc1cccc(N2CC[NH+]([C@H](C)C(=O)NC3CCCC3)CC2)c1C. The number of quaternary nitrogens is 1. The second kappa shape index (κ2) is 7.56. The summed E-state index contributed by atoms with van der Waals surface area (Å²) in [5.74, 6) is 0.247. The maximum Gasteiger partial charge on any atom is 0.278 e. The van der Waals surface area contributed by atoms with E-state index in [0.29, 0.717) is 6.04 Å². The molecule has 1 amide bonds. The molecule has 1 aromatic rings. The zero-order valence-corrected chi connectivity index (χ0v) is 15.4. The number of amides is 1. The molecule has 0 radical (unpaired) electrons. The van der Waals surface area contributed by atoms with Crippen molar-refractivity contribution >= 4 is 11.6 Å². The highest BCUT2D eigenvalue weighted by Crippen LogP contribution is 2.22. The van der Waals surface area contributed by atoms with Crippen molar-refractivity contribution in [3.05, 3.63) is 29.3 Å². The van der Waals surface area contributed by atoms with Gasteiger partial charge in [-0.15, -0.1) is 0 Å². The maximum absolute atomic E-state index is 12.5. The van der Waals surface area contributed by atoms with E-state index in [-0.39, 0.29) is 11.9 Å². The molecule has 2 fully saturated rings. The average Bonchev–Trinajstić information content (AvgIpc) is 3.10. The fourth-order valence-electron chi connectivity index (χ4n) is 4.13. The van der Waals surface area contributed by atoms with Crippen LogP contribution in [0.2, 0.25) is 0 Å². The van der Waals surface area contributed by atoms with Gasteiger partial charge in [-0.05, 0) is 50.8 Å². The summed E-state index contributed by atoms with van der Waals surface area (Å²) in [6.45, 7) is 10.6. The molecular weight excluding hydrogens is 298 g/mol. The van der Waals surface area contributed by atoms with Gasteiger partial charge in [0.2, 0.25) is 0 Å². The summed E-state index contributed by atoms with van der Waals surface area (Å²) in [6.07, 6.45) is 4.85. The van der Waals surface area contributed by atoms with E-state index in [1.54, 1.807) is 0 Å². The van der Waals surface area contributed by atoms with Crippen LogP contribution in [-0.4, -0.2) is 44.2 Å². The summed E-state index contributed by atoms with van der Waals surface area (Å²) in [5.41, 5.74) is 4.09. The molecule has 1 saturated heterocycles. The van der Waals surface area contributed by atoms with Crippen molar-refractivity contribution in [2.45, 2.75) is 58.5 Å². The van der Waals surface area contributed by atoms with E-state index in [4.69, 9.17) is 0 Å². The summed E-state index contributed by atoms with van der Waals surface area (Å²) in [6, 6.07) is 7.04. The van der Waals surface area contributed by atoms with Crippen molar-refractivity contribution in [2.75, 3.05) is 31.1 Å². The van der Waals surface area contributed by atoms with E-state index < -0.39 is 0 Å². The monoisotopic (exact) mass is 330 g/mol. The van der Waals surface area contributed by atoms with Crippen LogP contribution in [0.4, 0.5) is 5.69 Å². The number of nitrogens with zero attached hydrogens (tertiary/aromatic N) is 1. The first-order valence-corrected chi connectivity index (χ1v) is 9.52. The zero-order valence-electron chi connectivity index (χ0n) is 15.4. The Morgan fingerprint density at radius 3 is 2.54 bits per heavy atom. The Hall–Kier alpha value is -1.55. The van der Waals surface area contributed by atoms with Crippen LogP contribution in [0, 0.1) is 13.8 Å². The van der Waals surface area contributed by atoms with Gasteiger partial charge in [-0.1, -0.05) is 25.0 Å². The molecule has 4 nitrogen and oxygen atoms in total. The molecule has 2 N–H and O–H groups in total. The lowest BCUT2D eigenvalue weighted by Crippen LogP contribution is -3.19. The van der Waals surface area contributed by atoms with E-state index in [9.17, 15) is 4.79 Å². The Morgan fingerprint density at radius 2 is 1.88 bits per heavy atom. The number of hydrogen-bond donors (Lipinski definition) is 2. The van der Waals surface area contributed by atoms with Crippen LogP contribution in [-0.2, 0) is 4.79 Å². The molecule has 1 saturated carbocycles. The summed E-state index contributed by atoms with van der Waals surface area (Å²) in [5, 5.41) is 3.26. The van der Waals surface area contributed by atoms with Crippen LogP contribution in [0.15, 0.2) is 18.2 Å². The second-order valence-electron chi connectivity index (χ2n) is 7.58. The zero-order chi connectivity index (χ0) is 17.1. The molecule has 1 aliphatic carbocycles. The third-order valence-corrected chi connectivity index (χ3v) is 6.03. The number of carbonyl (C=O) groups excluding carboxylic acids is 1. The van der Waals surface area contributed by atoms with E-state index in [2.05, 4.69) is 49.2 Å². The standard InChI is InChI=1S/C20H31N3O/c1-15-7-6-10-19(16(15)2)23-13-11-22(12-14-23)17(3)20(24)21-18-8-4-5-9-18/h6-7,10,17-18H,4-5,8-9,11-14H2,1-3H3,(H,21,24)/p+1/t17-/m1/s1. The van der Waals surface area contributed by atoms with Crippen molar-refractivity contribution in [3.63, 3.8) is 0 Å². The van der Waals surface area contributed by atoms with Crippen molar-refractivity contribution in [3.8, 4) is 0 Å². The van der Waals surface area contributed by atoms with E-state index in [1.165, 1.54) is 34.6 Å². The van der Waals surface area contributed by atoms with Crippen LogP contribution < -0.4 is 15.1 Å². The first-order chi connectivity index (χ1) is 11.6. The number of hydrogen-bond acceptors (Lipinski definition) is 2. The third-order valence-electron chi connectivity index (χ3n) is 6.03. The van der Waals surface area contributed by atoms with Crippen LogP contribution in [0.1, 0.15) is 43.7 Å². The molecular formula is C20H32N3O+. The lowest BCUT2D eigenvalue weighted by Gasteiger charge is -2.37. The van der Waals surface area contributed by atoms with Gasteiger partial charge in [-0.25, -0.2) is 0 Å². The average molecular weight is 330 g/mol. The summed E-state index contributed by atoms with van der Waals surface area (Å²) in [4.78, 5) is 16.4. The minimum atomic E-state index is 0.0614. The van der Waals surface area contributed by atoms with Crippen molar-refractivity contribution < 1.29 is 9.69 Å². The molecule has 3 rings (SSSR count). The Kier molecular flexibility index (Phi) is 5.44. The molecule has 0 unspecified atom stereocenters. The minimum Gasteiger partial charge on any atom is -0.360 e. The van der Waals surface area contributed by atoms with Gasteiger partial charge in [0.25, 0.3) is 5.91 Å². The van der Waals surface area contributed by atoms with Gasteiger partial charge < -0.3 is 15.1 Å². The van der Waals surface area contributed by atoms with Crippen LogP contribution in [0.3, 0.4) is 0 Å². The lowest BCUT2D eigenvalue weighted by molar-refractivity contribution is -0.914. The van der Waals surface area contributed by atoms with E-state index in [0.717, 1.165) is 39.0 Å². The van der Waals surface area contributed by atoms with Gasteiger partial charge in [-0.3, -0.25) is 4.79 Å². The quantitative estimate of drug-likeness (QED) is 0.877. The van der Waals surface area contributed by atoms with Crippen molar-refractivity contribution in [1.82, 2.24) is 5.32 Å². The number of nitrogens with one attached hydrogen (secondary N) is 2. The number of rotatable bonds is 4. The van der Waals surface area contributed by atoms with Gasteiger partial charge in [0, 0.05) is 11.7 Å². The smallest absolute Gasteiger partial charge is 0.278 e. The van der Waals surface area contributed by atoms with Gasteiger partial charge in [0.1, 0.15) is 0 Å². The van der Waals surface area contributed by atoms with Gasteiger partial charge in [0.15, 0.2) is 6.04 Å². The molecule has 0 aromatic heterocycles. The Morgan fingerprint density at radius 1 is 1.21 bits per heavy atom. The van der Waals surface area contributed by atoms with Gasteiger partial charge in [-0.2, -0.15) is 0 Å². The number of anilines is 1. The minimum absolute atomic E-state index is 0.0614. The van der Waals surface area contributed by atoms with Crippen LogP contribution in [0.5, 0.6) is 0 Å². The third kappa shape index (κ3) is 3.75. The van der Waals surface area contributed by atoms with E-state index in [1.807, 2.05) is 0 Å². The molecule has 1 aromatic carbocycles. The molecule has 0 spiro atoms. The topological polar surface area (TPSA) is 36.8 Å². The molecule has 1 atom stereocenters. The molecule has 0 bridgehead atoms. The lowest BCUT2D eigenvalue weighted by atomic mass is 10.1. The van der Waals surface area contributed by atoms with Gasteiger partial charge >= 0.3 is 0 Å². The summed E-state index contributed by atoms with van der Waals surface area (Å²) in [7, 11) is 0. The molecule has 4 heteroatoms. The largest absolute Gasteiger partial charge is 0.360 e. The first-order valence-electron chi connectivity index (χ1n) is 9.52. The number of carbonyl (C=O) groups is 1. The highest BCUT2D eigenvalue weighted by atomic mass is 16.2. The molecule has 2 aliphatic rings. The van der Waals surface area contributed by atoms with Crippen molar-refractivity contribution in [2.24, 2.45) is 0 Å². The first kappa shape index (κ1) is 17.3. The highest BCUT2D eigenvalue weighted by molar-refractivity contribution is 5.80. The highest BCUT2D eigenvalue weighted by Gasteiger charge is 2.31. The van der Waals surface area contributed by atoms with Crippen molar-refractivity contribution in [1.29, 1.82) is 0 Å². The summed E-state index contributed by atoms with van der Waals surface area (Å²) < 4.78 is 0. The molecule has 1 aliphatic heterocycles. The van der Waals surface area contributed by atoms with Crippen LogP contribution >= 0.6 is 0 Å². The number of aryl methyl sites for hydroxylation is 1. The molecule has 132 valence electrons. The molecule has 1 heterocycles. The van der Waals surface area contributed by atoms with E-state index >= 15 is 0 Å². The number of piperazine rings is 1. The normalized spacial score (nSPS) is 21.0. The Labute approximate surface area is 146 Å². The second-order valence-corrected chi connectivity index (χ2v) is 7.58. The summed E-state index contributed by atoms with van der Waals surface area (Å²) >= 11 is 0. The Bertz CT molecular complexity index is 572. The fraction of sp³-hybridized carbons (Fsp3) is 0.650. The maximum atomic E-state index is 12.5. The Balaban J connectivity index is 1.54. The van der Waals surface area contributed by atoms with Crippen LogP contribution in [0.25, 0.3) is 0 Å². The van der Waals surface area contributed by atoms with Gasteiger partial charge in [0.05, 0.1) is 26.2 Å².